The van der Waals surface area contributed by atoms with Crippen LogP contribution in [0.4, 0.5) is 24.8 Å². The summed E-state index contributed by atoms with van der Waals surface area (Å²) in [5.41, 5.74) is 8.07. The summed E-state index contributed by atoms with van der Waals surface area (Å²) >= 11 is 6.56. The van der Waals surface area contributed by atoms with Gasteiger partial charge in [-0.3, -0.25) is 0 Å². The van der Waals surface area contributed by atoms with E-state index >= 15 is 0 Å². The van der Waals surface area contributed by atoms with Crippen molar-refractivity contribution in [2.45, 2.75) is 71.5 Å². The largest absolute Gasteiger partial charge is 0.435 e. The Kier molecular flexibility index (Phi) is 6.78. The van der Waals surface area contributed by atoms with Gasteiger partial charge in [0.2, 0.25) is 5.95 Å². The van der Waals surface area contributed by atoms with E-state index in [1.807, 2.05) is 30.9 Å². The Hall–Kier alpha value is -1.73. The van der Waals surface area contributed by atoms with Gasteiger partial charge in [-0.15, -0.1) is 0 Å². The highest BCUT2D eigenvalue weighted by molar-refractivity contribution is 6.33. The Morgan fingerprint density at radius 1 is 1.19 bits per heavy atom. The number of hydrogen-bond donors (Lipinski definition) is 1. The number of aromatic nitrogens is 2. The molecule has 2 heterocycles. The topological polar surface area (TPSA) is 47.1 Å². The molecule has 1 atom stereocenters. The zero-order valence-corrected chi connectivity index (χ0v) is 19.6. The summed E-state index contributed by atoms with van der Waals surface area (Å²) in [5.74, 6) is 1.24. The molecule has 0 spiro atoms. The van der Waals surface area contributed by atoms with Crippen LogP contribution in [0.15, 0.2) is 12.1 Å². The maximum Gasteiger partial charge on any atom is 0.435 e. The summed E-state index contributed by atoms with van der Waals surface area (Å²) in [4.78, 5) is 6.04. The van der Waals surface area contributed by atoms with E-state index in [4.69, 9.17) is 17.3 Å². The number of hydrogen-bond acceptors (Lipinski definition) is 3. The first-order chi connectivity index (χ1) is 15.2. The van der Waals surface area contributed by atoms with Crippen LogP contribution >= 0.6 is 11.6 Å². The Morgan fingerprint density at radius 3 is 2.56 bits per heavy atom. The molecule has 2 aromatic rings. The molecule has 1 aliphatic carbocycles. The fourth-order valence-corrected chi connectivity index (χ4v) is 5.46. The zero-order valence-electron chi connectivity index (χ0n) is 18.8. The van der Waals surface area contributed by atoms with E-state index in [-0.39, 0.29) is 5.92 Å². The Balaban J connectivity index is 1.73. The Morgan fingerprint density at radius 2 is 1.94 bits per heavy atom. The van der Waals surface area contributed by atoms with Gasteiger partial charge in [-0.1, -0.05) is 36.9 Å². The third-order valence-corrected chi connectivity index (χ3v) is 7.02. The van der Waals surface area contributed by atoms with Crippen molar-refractivity contribution >= 4 is 23.2 Å². The van der Waals surface area contributed by atoms with Gasteiger partial charge in [0, 0.05) is 13.1 Å². The molecule has 176 valence electrons. The van der Waals surface area contributed by atoms with E-state index in [9.17, 15) is 13.2 Å². The molecule has 2 N–H and O–H groups in total. The van der Waals surface area contributed by atoms with Crippen molar-refractivity contribution in [3.63, 3.8) is 0 Å². The lowest BCUT2D eigenvalue weighted by Gasteiger charge is -2.32. The van der Waals surface area contributed by atoms with Crippen molar-refractivity contribution in [1.29, 1.82) is 0 Å². The molecule has 4 rings (SSSR count). The second-order valence-corrected chi connectivity index (χ2v) is 9.85. The average molecular weight is 469 g/mol. The maximum atomic E-state index is 14.1. The fourth-order valence-electron chi connectivity index (χ4n) is 5.03. The molecule has 1 aromatic heterocycles. The number of benzene rings is 1. The van der Waals surface area contributed by atoms with Gasteiger partial charge in [0.25, 0.3) is 0 Å². The van der Waals surface area contributed by atoms with Crippen molar-refractivity contribution in [3.05, 3.63) is 39.7 Å². The number of nitrogens with zero attached hydrogens (tertiary/aromatic N) is 3. The van der Waals surface area contributed by atoms with Gasteiger partial charge in [0.05, 0.1) is 16.4 Å². The monoisotopic (exact) mass is 468 g/mol. The van der Waals surface area contributed by atoms with Crippen LogP contribution in [-0.4, -0.2) is 22.6 Å². The third kappa shape index (κ3) is 4.93. The number of aryl methyl sites for hydroxylation is 2. The van der Waals surface area contributed by atoms with Crippen molar-refractivity contribution in [3.8, 4) is 0 Å². The van der Waals surface area contributed by atoms with Crippen LogP contribution in [0.1, 0.15) is 61.0 Å². The molecule has 1 aromatic carbocycles. The van der Waals surface area contributed by atoms with Crippen LogP contribution in [0.2, 0.25) is 5.02 Å². The predicted octanol–water partition coefficient (Wildman–Crippen LogP) is 6.41. The van der Waals surface area contributed by atoms with E-state index < -0.39 is 11.9 Å². The second kappa shape index (κ2) is 9.26. The summed E-state index contributed by atoms with van der Waals surface area (Å²) in [6.45, 7) is 5.51. The standard InChI is InChI=1S/C24H32ClF3N4/c1-15-12-16(2)21(19(25)13-15)32-11-3-10-31-20(22(24(26,27)28)30-23(31)32)14-18(8-9-29)7-6-17-4-5-17/h12-13,17-18H,3-11,14,29H2,1-2H3. The minimum Gasteiger partial charge on any atom is -0.330 e. The van der Waals surface area contributed by atoms with E-state index in [0.717, 1.165) is 48.4 Å². The minimum atomic E-state index is -4.50. The molecule has 8 heteroatoms. The third-order valence-electron chi connectivity index (χ3n) is 6.73. The minimum absolute atomic E-state index is 0.141. The lowest BCUT2D eigenvalue weighted by molar-refractivity contribution is -0.141. The van der Waals surface area contributed by atoms with Crippen molar-refractivity contribution in [1.82, 2.24) is 9.55 Å². The van der Waals surface area contributed by atoms with Gasteiger partial charge in [-0.25, -0.2) is 4.98 Å². The van der Waals surface area contributed by atoms with Crippen LogP contribution in [0, 0.1) is 25.7 Å². The highest BCUT2D eigenvalue weighted by Gasteiger charge is 2.41. The van der Waals surface area contributed by atoms with E-state index in [1.54, 1.807) is 4.57 Å². The molecule has 0 saturated heterocycles. The number of imidazole rings is 1. The number of fused-ring (bicyclic) bond motifs is 1. The SMILES string of the molecule is Cc1cc(C)c(N2CCCn3c2nc(C(F)(F)F)c3CC(CCN)CCC2CC2)c(Cl)c1. The molecule has 1 aliphatic heterocycles. The van der Waals surface area contributed by atoms with Crippen LogP contribution < -0.4 is 10.6 Å². The van der Waals surface area contributed by atoms with E-state index in [0.29, 0.717) is 42.7 Å². The van der Waals surface area contributed by atoms with Gasteiger partial charge < -0.3 is 15.2 Å². The molecular weight excluding hydrogens is 437 g/mol. The summed E-state index contributed by atoms with van der Waals surface area (Å²) in [6, 6.07) is 3.86. The first-order valence-corrected chi connectivity index (χ1v) is 12.0. The van der Waals surface area contributed by atoms with Gasteiger partial charge in [0.1, 0.15) is 0 Å². The number of rotatable bonds is 8. The van der Waals surface area contributed by atoms with Crippen LogP contribution in [0.5, 0.6) is 0 Å². The number of halogens is 4. The van der Waals surface area contributed by atoms with Crippen molar-refractivity contribution < 1.29 is 13.2 Å². The number of anilines is 2. The Labute approximate surface area is 192 Å². The molecule has 0 amide bonds. The highest BCUT2D eigenvalue weighted by Crippen LogP contribution is 2.42. The normalized spacial score (nSPS) is 17.5. The summed E-state index contributed by atoms with van der Waals surface area (Å²) in [6.07, 6.45) is 1.83. The molecule has 4 nitrogen and oxygen atoms in total. The molecule has 2 aliphatic rings. The van der Waals surface area contributed by atoms with Crippen LogP contribution in [0.3, 0.4) is 0 Å². The summed E-state index contributed by atoms with van der Waals surface area (Å²) < 4.78 is 44.1. The quantitative estimate of drug-likeness (QED) is 0.486. The van der Waals surface area contributed by atoms with Crippen LogP contribution in [0.25, 0.3) is 0 Å². The average Bonchev–Trinajstić information content (AvgIpc) is 3.45. The molecule has 1 fully saturated rings. The first kappa shape index (κ1) is 23.4. The summed E-state index contributed by atoms with van der Waals surface area (Å²) in [7, 11) is 0. The number of alkyl halides is 3. The maximum absolute atomic E-state index is 14.1. The molecular formula is C24H32ClF3N4. The molecule has 1 saturated carbocycles. The highest BCUT2D eigenvalue weighted by atomic mass is 35.5. The first-order valence-electron chi connectivity index (χ1n) is 11.6. The molecule has 1 unspecified atom stereocenters. The smallest absolute Gasteiger partial charge is 0.330 e. The summed E-state index contributed by atoms with van der Waals surface area (Å²) in [5, 5.41) is 0.541. The lowest BCUT2D eigenvalue weighted by atomic mass is 9.92. The van der Waals surface area contributed by atoms with E-state index in [2.05, 4.69) is 4.98 Å². The molecule has 0 radical (unpaired) electrons. The Bertz CT molecular complexity index is 942. The van der Waals surface area contributed by atoms with Gasteiger partial charge in [0.15, 0.2) is 5.69 Å². The molecule has 32 heavy (non-hydrogen) atoms. The van der Waals surface area contributed by atoms with Crippen molar-refractivity contribution in [2.24, 2.45) is 17.6 Å². The lowest BCUT2D eigenvalue weighted by Crippen LogP contribution is -2.30. The van der Waals surface area contributed by atoms with E-state index in [1.165, 1.54) is 12.8 Å². The second-order valence-electron chi connectivity index (χ2n) is 9.44. The van der Waals surface area contributed by atoms with Gasteiger partial charge in [-0.2, -0.15) is 13.2 Å². The van der Waals surface area contributed by atoms with Crippen LogP contribution in [-0.2, 0) is 19.1 Å². The van der Waals surface area contributed by atoms with Crippen molar-refractivity contribution in [2.75, 3.05) is 18.0 Å². The number of nitrogens with two attached hydrogens (primary N) is 1. The van der Waals surface area contributed by atoms with Gasteiger partial charge >= 0.3 is 6.18 Å². The predicted molar refractivity (Wildman–Crippen MR) is 123 cm³/mol. The molecule has 0 bridgehead atoms. The van der Waals surface area contributed by atoms with Gasteiger partial charge in [-0.05, 0) is 75.1 Å². The fraction of sp³-hybridized carbons (Fsp3) is 0.625. The zero-order chi connectivity index (χ0) is 23.0.